The second-order valence-electron chi connectivity index (χ2n) is 4.62. The zero-order valence-corrected chi connectivity index (χ0v) is 11.0. The maximum Gasteiger partial charge on any atom is 0.341 e. The number of benzene rings is 2. The first-order valence-corrected chi connectivity index (χ1v) is 6.27. The van der Waals surface area contributed by atoms with Crippen LogP contribution in [0.2, 0.25) is 0 Å². The van der Waals surface area contributed by atoms with Crippen molar-refractivity contribution in [2.24, 2.45) is 0 Å². The molecule has 2 atom stereocenters. The van der Waals surface area contributed by atoms with Gasteiger partial charge in [-0.05, 0) is 11.1 Å². The molecule has 0 amide bonds. The molecule has 2 aromatic carbocycles. The average Bonchev–Trinajstić information content (AvgIpc) is 2.48. The van der Waals surface area contributed by atoms with Crippen LogP contribution in [0.3, 0.4) is 0 Å². The van der Waals surface area contributed by atoms with Crippen molar-refractivity contribution in [3.8, 4) is 0 Å². The summed E-state index contributed by atoms with van der Waals surface area (Å²) in [6.07, 6.45) is 0. The van der Waals surface area contributed by atoms with E-state index in [0.29, 0.717) is 0 Å². The van der Waals surface area contributed by atoms with Crippen LogP contribution in [-0.2, 0) is 15.2 Å². The molecule has 2 rings (SSSR count). The Labute approximate surface area is 121 Å². The lowest BCUT2D eigenvalue weighted by atomic mass is 9.77. The third-order valence-corrected chi connectivity index (χ3v) is 3.34. The minimum Gasteiger partial charge on any atom is -0.481 e. The Bertz CT molecular complexity index is 638. The lowest BCUT2D eigenvalue weighted by Gasteiger charge is -2.30. The summed E-state index contributed by atoms with van der Waals surface area (Å²) in [5.74, 6) is -4.63. The molecule has 0 heterocycles. The van der Waals surface area contributed by atoms with Gasteiger partial charge in [0.2, 0.25) is 5.60 Å². The molecule has 2 aromatic rings. The highest BCUT2D eigenvalue weighted by Gasteiger charge is 2.50. The van der Waals surface area contributed by atoms with Crippen molar-refractivity contribution < 1.29 is 24.9 Å². The summed E-state index contributed by atoms with van der Waals surface area (Å²) in [5, 5.41) is 29.6. The van der Waals surface area contributed by atoms with E-state index in [1.54, 1.807) is 36.4 Å². The Kier molecular flexibility index (Phi) is 4.05. The van der Waals surface area contributed by atoms with Crippen LogP contribution < -0.4 is 0 Å². The highest BCUT2D eigenvalue weighted by Crippen LogP contribution is 2.37. The molecular formula is C16H14O5. The van der Waals surface area contributed by atoms with E-state index in [4.69, 9.17) is 0 Å². The summed E-state index contributed by atoms with van der Waals surface area (Å²) in [4.78, 5) is 23.2. The fourth-order valence-electron chi connectivity index (χ4n) is 2.31. The van der Waals surface area contributed by atoms with Crippen molar-refractivity contribution in [1.82, 2.24) is 0 Å². The Morgan fingerprint density at radius 2 is 1.33 bits per heavy atom. The lowest BCUT2D eigenvalue weighted by molar-refractivity contribution is -0.170. The van der Waals surface area contributed by atoms with Gasteiger partial charge >= 0.3 is 11.9 Å². The Balaban J connectivity index is 2.64. The van der Waals surface area contributed by atoms with E-state index < -0.39 is 23.5 Å². The topological polar surface area (TPSA) is 94.8 Å². The molecule has 21 heavy (non-hydrogen) atoms. The molecule has 0 radical (unpaired) electrons. The van der Waals surface area contributed by atoms with E-state index >= 15 is 0 Å². The van der Waals surface area contributed by atoms with E-state index in [-0.39, 0.29) is 11.1 Å². The zero-order chi connectivity index (χ0) is 15.5. The molecule has 5 heteroatoms. The molecule has 0 aromatic heterocycles. The van der Waals surface area contributed by atoms with Crippen LogP contribution in [0.4, 0.5) is 0 Å². The van der Waals surface area contributed by atoms with Crippen molar-refractivity contribution in [3.63, 3.8) is 0 Å². The summed E-state index contributed by atoms with van der Waals surface area (Å²) >= 11 is 0. The van der Waals surface area contributed by atoms with Gasteiger partial charge in [-0.15, -0.1) is 0 Å². The molecule has 108 valence electrons. The quantitative estimate of drug-likeness (QED) is 0.779. The van der Waals surface area contributed by atoms with Crippen LogP contribution in [-0.4, -0.2) is 27.3 Å². The van der Waals surface area contributed by atoms with Crippen LogP contribution in [0.1, 0.15) is 17.0 Å². The van der Waals surface area contributed by atoms with Crippen molar-refractivity contribution in [2.75, 3.05) is 0 Å². The van der Waals surface area contributed by atoms with Crippen molar-refractivity contribution in [3.05, 3.63) is 71.8 Å². The summed E-state index contributed by atoms with van der Waals surface area (Å²) < 4.78 is 0. The average molecular weight is 286 g/mol. The number of hydrogen-bond acceptors (Lipinski definition) is 3. The Morgan fingerprint density at radius 1 is 0.857 bits per heavy atom. The SMILES string of the molecule is O=C(O)C(c1ccccc1)C(O)(C(=O)O)c1ccccc1. The van der Waals surface area contributed by atoms with Crippen molar-refractivity contribution in [1.29, 1.82) is 0 Å². The molecule has 0 bridgehead atoms. The number of carbonyl (C=O) groups is 2. The van der Waals surface area contributed by atoms with E-state index in [9.17, 15) is 24.9 Å². The van der Waals surface area contributed by atoms with Gasteiger partial charge in [0.15, 0.2) is 0 Å². The molecule has 0 aliphatic rings. The summed E-state index contributed by atoms with van der Waals surface area (Å²) in [5.41, 5.74) is -2.30. The summed E-state index contributed by atoms with van der Waals surface area (Å²) in [7, 11) is 0. The van der Waals surface area contributed by atoms with Gasteiger partial charge in [-0.25, -0.2) is 4.79 Å². The van der Waals surface area contributed by atoms with E-state index in [1.807, 2.05) is 0 Å². The van der Waals surface area contributed by atoms with Crippen molar-refractivity contribution in [2.45, 2.75) is 11.5 Å². The largest absolute Gasteiger partial charge is 0.481 e. The molecule has 0 aliphatic carbocycles. The third kappa shape index (κ3) is 2.64. The van der Waals surface area contributed by atoms with Crippen LogP contribution in [0.5, 0.6) is 0 Å². The van der Waals surface area contributed by atoms with Gasteiger partial charge in [-0.3, -0.25) is 4.79 Å². The standard InChI is InChI=1S/C16H14O5/c17-14(18)13(11-7-3-1-4-8-11)16(21,15(19)20)12-9-5-2-6-10-12/h1-10,13,21H,(H,17,18)(H,19,20). The molecule has 0 fully saturated rings. The predicted molar refractivity (Wildman–Crippen MR) is 74.8 cm³/mol. The summed E-state index contributed by atoms with van der Waals surface area (Å²) in [6, 6.07) is 15.4. The normalized spacial score (nSPS) is 14.9. The number of carboxylic acid groups (broad SMARTS) is 2. The highest BCUT2D eigenvalue weighted by atomic mass is 16.4. The van der Waals surface area contributed by atoms with E-state index in [0.717, 1.165) is 0 Å². The number of aliphatic carboxylic acids is 2. The van der Waals surface area contributed by atoms with Crippen LogP contribution >= 0.6 is 0 Å². The fraction of sp³-hybridized carbons (Fsp3) is 0.125. The minimum atomic E-state index is -2.55. The maximum absolute atomic E-state index is 11.6. The van der Waals surface area contributed by atoms with Crippen LogP contribution in [0.15, 0.2) is 60.7 Å². The summed E-state index contributed by atoms with van der Waals surface area (Å²) in [6.45, 7) is 0. The number of aliphatic hydroxyl groups is 1. The first kappa shape index (κ1) is 14.7. The fourth-order valence-corrected chi connectivity index (χ4v) is 2.31. The number of rotatable bonds is 5. The molecular weight excluding hydrogens is 272 g/mol. The molecule has 0 saturated carbocycles. The molecule has 0 spiro atoms. The Morgan fingerprint density at radius 3 is 1.76 bits per heavy atom. The van der Waals surface area contributed by atoms with Crippen LogP contribution in [0.25, 0.3) is 0 Å². The van der Waals surface area contributed by atoms with Gasteiger partial charge in [0, 0.05) is 0 Å². The van der Waals surface area contributed by atoms with Gasteiger partial charge in [0.25, 0.3) is 0 Å². The number of carboxylic acids is 2. The lowest BCUT2D eigenvalue weighted by Crippen LogP contribution is -2.45. The first-order valence-electron chi connectivity index (χ1n) is 6.27. The molecule has 0 saturated heterocycles. The Hall–Kier alpha value is -2.66. The number of hydrogen-bond donors (Lipinski definition) is 3. The smallest absolute Gasteiger partial charge is 0.341 e. The second kappa shape index (κ2) is 5.76. The second-order valence-corrected chi connectivity index (χ2v) is 4.62. The predicted octanol–water partition coefficient (Wildman–Crippen LogP) is 1.83. The van der Waals surface area contributed by atoms with Gasteiger partial charge < -0.3 is 15.3 Å². The van der Waals surface area contributed by atoms with E-state index in [2.05, 4.69) is 0 Å². The van der Waals surface area contributed by atoms with Gasteiger partial charge in [-0.1, -0.05) is 60.7 Å². The maximum atomic E-state index is 11.6. The molecule has 5 nitrogen and oxygen atoms in total. The van der Waals surface area contributed by atoms with Gasteiger partial charge in [-0.2, -0.15) is 0 Å². The highest BCUT2D eigenvalue weighted by molar-refractivity contribution is 5.90. The monoisotopic (exact) mass is 286 g/mol. The molecule has 3 N–H and O–H groups in total. The van der Waals surface area contributed by atoms with Crippen LogP contribution in [0, 0.1) is 0 Å². The minimum absolute atomic E-state index is 0.0220. The van der Waals surface area contributed by atoms with Gasteiger partial charge in [0.05, 0.1) is 0 Å². The van der Waals surface area contributed by atoms with Gasteiger partial charge in [0.1, 0.15) is 5.92 Å². The zero-order valence-electron chi connectivity index (χ0n) is 11.0. The first-order chi connectivity index (χ1) is 9.98. The molecule has 0 aliphatic heterocycles. The van der Waals surface area contributed by atoms with Crippen molar-refractivity contribution >= 4 is 11.9 Å². The third-order valence-electron chi connectivity index (χ3n) is 3.34. The van der Waals surface area contributed by atoms with E-state index in [1.165, 1.54) is 24.3 Å². The molecule has 2 unspecified atom stereocenters.